The van der Waals surface area contributed by atoms with E-state index < -0.39 is 0 Å². The molecular weight excluding hydrogens is 749 g/mol. The summed E-state index contributed by atoms with van der Waals surface area (Å²) in [6, 6.07) is 21.4. The highest BCUT2D eigenvalue weighted by molar-refractivity contribution is 8.76. The minimum atomic E-state index is -0.177. The first-order valence-electron chi connectivity index (χ1n) is 18.5. The van der Waals surface area contributed by atoms with Crippen molar-refractivity contribution in [3.63, 3.8) is 0 Å². The summed E-state index contributed by atoms with van der Waals surface area (Å²) < 4.78 is 1.89. The fraction of sp³-hybridized carbons (Fsp3) is 0.333. The summed E-state index contributed by atoms with van der Waals surface area (Å²) in [5, 5.41) is 43.1. The number of allylic oxidation sites excluding steroid dienone is 4. The zero-order valence-corrected chi connectivity index (χ0v) is 33.4. The van der Waals surface area contributed by atoms with E-state index in [1.54, 1.807) is 39.8 Å². The lowest BCUT2D eigenvalue weighted by atomic mass is 10.1. The van der Waals surface area contributed by atoms with Gasteiger partial charge in [-0.05, 0) is 59.7 Å². The van der Waals surface area contributed by atoms with Crippen molar-refractivity contribution in [2.24, 2.45) is 4.99 Å². The van der Waals surface area contributed by atoms with Crippen LogP contribution in [0.4, 0.5) is 11.4 Å². The first-order valence-corrected chi connectivity index (χ1v) is 21.0. The van der Waals surface area contributed by atoms with Crippen LogP contribution < -0.4 is 25.0 Å². The number of rotatable bonds is 27. The zero-order valence-electron chi connectivity index (χ0n) is 31.8. The second kappa shape index (κ2) is 27.8. The van der Waals surface area contributed by atoms with Crippen molar-refractivity contribution in [2.75, 3.05) is 93.5 Å². The Balaban J connectivity index is 1.35. The predicted molar refractivity (Wildman–Crippen MR) is 233 cm³/mol. The molecule has 12 nitrogen and oxygen atoms in total. The number of anilines is 2. The van der Waals surface area contributed by atoms with E-state index in [0.717, 1.165) is 33.9 Å². The van der Waals surface area contributed by atoms with E-state index in [-0.39, 0.29) is 51.3 Å². The van der Waals surface area contributed by atoms with Crippen molar-refractivity contribution in [1.29, 1.82) is 0 Å². The minimum Gasteiger partial charge on any atom is -0.395 e. The SMILES string of the molecule is C=C/C=C\C(/C=C/c1ccc(N(CCO)CCO)cc1)=NCC(=O)NCCSSCCNC(=O)C[n+]1ccccc1/C=C/c1ccc(N(CCO)CCO)cc1. The van der Waals surface area contributed by atoms with Crippen molar-refractivity contribution in [3.05, 3.63) is 121 Å². The largest absolute Gasteiger partial charge is 0.395 e. The molecule has 0 radical (unpaired) electrons. The molecule has 0 saturated carbocycles. The molecule has 1 heterocycles. The van der Waals surface area contributed by atoms with Crippen LogP contribution in [0.15, 0.2) is 109 Å². The molecule has 0 saturated heterocycles. The molecule has 0 unspecified atom stereocenters. The maximum Gasteiger partial charge on any atom is 0.286 e. The van der Waals surface area contributed by atoms with Gasteiger partial charge < -0.3 is 40.9 Å². The highest BCUT2D eigenvalue weighted by Gasteiger charge is 2.13. The normalized spacial score (nSPS) is 11.8. The van der Waals surface area contributed by atoms with Crippen molar-refractivity contribution >= 4 is 68.7 Å². The smallest absolute Gasteiger partial charge is 0.286 e. The zero-order chi connectivity index (χ0) is 40.2. The average molecular weight is 804 g/mol. The van der Waals surface area contributed by atoms with E-state index in [4.69, 9.17) is 0 Å². The van der Waals surface area contributed by atoms with E-state index in [1.165, 1.54) is 0 Å². The molecule has 0 bridgehead atoms. The molecular formula is C42H55N6O6S2+. The third kappa shape index (κ3) is 17.8. The molecule has 0 aliphatic heterocycles. The number of benzene rings is 2. The third-order valence-corrected chi connectivity index (χ3v) is 10.5. The van der Waals surface area contributed by atoms with Crippen LogP contribution >= 0.6 is 21.6 Å². The van der Waals surface area contributed by atoms with Crippen LogP contribution in [0.25, 0.3) is 18.2 Å². The van der Waals surface area contributed by atoms with Gasteiger partial charge in [-0.15, -0.1) is 0 Å². The van der Waals surface area contributed by atoms with Crippen LogP contribution in [0.5, 0.6) is 0 Å². The van der Waals surface area contributed by atoms with Crippen molar-refractivity contribution in [2.45, 2.75) is 6.54 Å². The number of aliphatic hydroxyl groups excluding tert-OH is 4. The Kier molecular flexibility index (Phi) is 22.7. The quantitative estimate of drug-likeness (QED) is 0.0222. The van der Waals surface area contributed by atoms with Crippen LogP contribution in [-0.2, 0) is 16.1 Å². The van der Waals surface area contributed by atoms with Crippen LogP contribution in [0.2, 0.25) is 0 Å². The highest BCUT2D eigenvalue weighted by Crippen LogP contribution is 2.20. The Hall–Kier alpha value is -4.70. The summed E-state index contributed by atoms with van der Waals surface area (Å²) in [4.78, 5) is 33.5. The summed E-state index contributed by atoms with van der Waals surface area (Å²) in [6.07, 6.45) is 14.8. The summed E-state index contributed by atoms with van der Waals surface area (Å²) >= 11 is 0. The van der Waals surface area contributed by atoms with Crippen molar-refractivity contribution in [1.82, 2.24) is 10.6 Å². The molecule has 0 atom stereocenters. The lowest BCUT2D eigenvalue weighted by Gasteiger charge is -2.22. The van der Waals surface area contributed by atoms with Gasteiger partial charge in [-0.1, -0.05) is 70.7 Å². The molecule has 3 aromatic rings. The molecule has 56 heavy (non-hydrogen) atoms. The van der Waals surface area contributed by atoms with E-state index in [1.807, 2.05) is 112 Å². The molecule has 300 valence electrons. The Labute approximate surface area is 338 Å². The molecule has 0 spiro atoms. The molecule has 0 aliphatic rings. The maximum atomic E-state index is 12.7. The van der Waals surface area contributed by atoms with Crippen LogP contribution in [0.1, 0.15) is 16.8 Å². The number of carbonyl (C=O) groups excluding carboxylic acids is 2. The van der Waals surface area contributed by atoms with Gasteiger partial charge in [0.2, 0.25) is 18.1 Å². The summed E-state index contributed by atoms with van der Waals surface area (Å²) in [7, 11) is 3.26. The number of hydrogen-bond donors (Lipinski definition) is 6. The average Bonchev–Trinajstić information content (AvgIpc) is 3.21. The summed E-state index contributed by atoms with van der Waals surface area (Å²) in [5.74, 6) is 1.18. The number of aliphatic imine (C=N–C) groups is 1. The fourth-order valence-electron chi connectivity index (χ4n) is 5.30. The summed E-state index contributed by atoms with van der Waals surface area (Å²) in [6.45, 7) is 6.72. The second-order valence-corrected chi connectivity index (χ2v) is 14.9. The van der Waals surface area contributed by atoms with Crippen LogP contribution in [-0.4, -0.2) is 122 Å². The number of aliphatic hydroxyl groups is 4. The van der Waals surface area contributed by atoms with Gasteiger partial charge in [-0.3, -0.25) is 14.6 Å². The fourth-order valence-corrected chi connectivity index (χ4v) is 7.12. The Morgan fingerprint density at radius 3 is 1.77 bits per heavy atom. The van der Waals surface area contributed by atoms with E-state index in [9.17, 15) is 30.0 Å². The minimum absolute atomic E-state index is 0.00120. The Bertz CT molecular complexity index is 1720. The Morgan fingerprint density at radius 1 is 0.696 bits per heavy atom. The van der Waals surface area contributed by atoms with Gasteiger partial charge in [0.1, 0.15) is 6.54 Å². The molecule has 14 heteroatoms. The molecule has 0 fully saturated rings. The first kappa shape index (κ1) is 45.7. The molecule has 2 aromatic carbocycles. The number of amides is 2. The lowest BCUT2D eigenvalue weighted by molar-refractivity contribution is -0.686. The van der Waals surface area contributed by atoms with E-state index in [0.29, 0.717) is 50.7 Å². The number of nitrogens with one attached hydrogen (secondary N) is 2. The van der Waals surface area contributed by atoms with Gasteiger partial charge in [-0.2, -0.15) is 4.57 Å². The van der Waals surface area contributed by atoms with Gasteiger partial charge >= 0.3 is 0 Å². The number of aromatic nitrogens is 1. The molecule has 3 rings (SSSR count). The number of nitrogens with zero attached hydrogens (tertiary/aromatic N) is 4. The monoisotopic (exact) mass is 803 g/mol. The Morgan fingerprint density at radius 2 is 1.23 bits per heavy atom. The van der Waals surface area contributed by atoms with Crippen LogP contribution in [0, 0.1) is 0 Å². The third-order valence-electron chi connectivity index (χ3n) is 8.09. The first-order chi connectivity index (χ1) is 27.4. The van der Waals surface area contributed by atoms with Crippen molar-refractivity contribution < 1.29 is 34.6 Å². The van der Waals surface area contributed by atoms with Crippen molar-refractivity contribution in [3.8, 4) is 0 Å². The number of carbonyl (C=O) groups is 2. The lowest BCUT2D eigenvalue weighted by Crippen LogP contribution is -2.45. The highest BCUT2D eigenvalue weighted by atomic mass is 33.1. The van der Waals surface area contributed by atoms with Gasteiger partial charge in [0.15, 0.2) is 6.20 Å². The molecule has 2 amide bonds. The summed E-state index contributed by atoms with van der Waals surface area (Å²) in [5.41, 5.74) is 5.28. The predicted octanol–water partition coefficient (Wildman–Crippen LogP) is 3.24. The molecule has 6 N–H and O–H groups in total. The van der Waals surface area contributed by atoms with Gasteiger partial charge in [0.05, 0.1) is 32.1 Å². The molecule has 1 aromatic heterocycles. The number of pyridine rings is 1. The second-order valence-electron chi connectivity index (χ2n) is 12.2. The topological polar surface area (TPSA) is 162 Å². The van der Waals surface area contributed by atoms with Gasteiger partial charge in [-0.25, -0.2) is 0 Å². The van der Waals surface area contributed by atoms with E-state index >= 15 is 0 Å². The van der Waals surface area contributed by atoms with Gasteiger partial charge in [0.25, 0.3) is 5.91 Å². The number of hydrogen-bond acceptors (Lipinski definition) is 11. The van der Waals surface area contributed by atoms with Gasteiger partial charge in [0, 0.05) is 80.4 Å². The van der Waals surface area contributed by atoms with Crippen LogP contribution in [0.3, 0.4) is 0 Å². The standard InChI is InChI=1S/C42H54N6O6S2/c1-2-3-6-37(14-8-35-10-16-39(17-11-35)46(23-27-49)24-28-50)45-33-41(53)43-20-31-55-56-32-21-44-42(54)34-48-22-5-4-7-38(48)15-9-36-12-18-40(19-13-36)47(25-29-51)26-30-52/h2-19,22,49-52H,1,20-21,23-34H2,(H-,43,44,53,54)/p+1/b6-3-,14-8+,45-37?. The molecule has 0 aliphatic carbocycles. The van der Waals surface area contributed by atoms with E-state index in [2.05, 4.69) is 22.2 Å². The maximum absolute atomic E-state index is 12.7.